The van der Waals surface area contributed by atoms with Gasteiger partial charge in [-0.2, -0.15) is 0 Å². The third kappa shape index (κ3) is 2.06. The number of carbonyl (C=O) groups is 1. The molecule has 1 aliphatic rings. The summed E-state index contributed by atoms with van der Waals surface area (Å²) >= 11 is 0. The first kappa shape index (κ1) is 10.6. The molecule has 4 heteroatoms. The molecule has 0 aromatic heterocycles. The number of ether oxygens (including phenoxy) is 1. The Hall–Kier alpha value is -0.480. The molecule has 13 heavy (non-hydrogen) atoms. The predicted octanol–water partition coefficient (Wildman–Crippen LogP) is 0.633. The van der Waals surface area contributed by atoms with Crippen LogP contribution in [-0.4, -0.2) is 49.7 Å². The van der Waals surface area contributed by atoms with Gasteiger partial charge in [0.25, 0.3) is 0 Å². The predicted molar refractivity (Wildman–Crippen MR) is 47.4 cm³/mol. The average Bonchev–Trinajstić information content (AvgIpc) is 2.32. The van der Waals surface area contributed by atoms with Crippen molar-refractivity contribution in [1.29, 1.82) is 0 Å². The van der Waals surface area contributed by atoms with Gasteiger partial charge in [-0.3, -0.25) is 9.69 Å². The minimum absolute atomic E-state index is 0.0313. The summed E-state index contributed by atoms with van der Waals surface area (Å²) in [7, 11) is 3.32. The first-order valence-electron chi connectivity index (χ1n) is 4.43. The molecule has 1 aliphatic heterocycles. The molecule has 76 valence electrons. The van der Waals surface area contributed by atoms with Crippen LogP contribution in [0, 0.1) is 0 Å². The molecule has 0 N–H and O–H groups in total. The molecular weight excluding hydrogens is 173 g/mol. The molecule has 0 amide bonds. The van der Waals surface area contributed by atoms with Crippen molar-refractivity contribution >= 4 is 5.78 Å². The van der Waals surface area contributed by atoms with Gasteiger partial charge in [0.1, 0.15) is 12.0 Å². The van der Waals surface area contributed by atoms with Crippen LogP contribution in [0.4, 0.5) is 4.39 Å². The van der Waals surface area contributed by atoms with Crippen molar-refractivity contribution in [2.24, 2.45) is 0 Å². The van der Waals surface area contributed by atoms with Gasteiger partial charge in [0, 0.05) is 13.5 Å². The zero-order valence-electron chi connectivity index (χ0n) is 8.29. The standard InChI is InChI=1S/C9H16FNO2/c1-6(12)8-4-7(10)9(5-13-3)11(8)2/h7-9H,4-5H2,1-3H3/t7-,8+,9?/m1/s1. The number of carbonyl (C=O) groups excluding carboxylic acids is 1. The largest absolute Gasteiger partial charge is 0.383 e. The van der Waals surface area contributed by atoms with E-state index in [1.165, 1.54) is 6.92 Å². The van der Waals surface area contributed by atoms with E-state index in [4.69, 9.17) is 4.74 Å². The number of hydrogen-bond donors (Lipinski definition) is 0. The first-order chi connectivity index (χ1) is 6.07. The molecule has 1 heterocycles. The van der Waals surface area contributed by atoms with Crippen molar-refractivity contribution in [3.8, 4) is 0 Å². The van der Waals surface area contributed by atoms with Crippen molar-refractivity contribution in [2.45, 2.75) is 31.6 Å². The number of likely N-dealkylation sites (tertiary alicyclic amines) is 1. The van der Waals surface area contributed by atoms with E-state index < -0.39 is 6.17 Å². The summed E-state index contributed by atoms with van der Waals surface area (Å²) in [5.41, 5.74) is 0. The van der Waals surface area contributed by atoms with E-state index in [0.29, 0.717) is 13.0 Å². The van der Waals surface area contributed by atoms with E-state index in [2.05, 4.69) is 0 Å². The van der Waals surface area contributed by atoms with Gasteiger partial charge in [-0.15, -0.1) is 0 Å². The molecule has 0 aliphatic carbocycles. The van der Waals surface area contributed by atoms with Crippen molar-refractivity contribution < 1.29 is 13.9 Å². The van der Waals surface area contributed by atoms with Crippen LogP contribution in [0.3, 0.4) is 0 Å². The van der Waals surface area contributed by atoms with Crippen LogP contribution in [-0.2, 0) is 9.53 Å². The third-order valence-electron chi connectivity index (χ3n) is 2.69. The fourth-order valence-corrected chi connectivity index (χ4v) is 1.87. The summed E-state index contributed by atoms with van der Waals surface area (Å²) in [6.07, 6.45) is -0.640. The number of methoxy groups -OCH3 is 1. The quantitative estimate of drug-likeness (QED) is 0.652. The van der Waals surface area contributed by atoms with Crippen molar-refractivity contribution in [3.05, 3.63) is 0 Å². The summed E-state index contributed by atoms with van der Waals surface area (Å²) in [6, 6.07) is -0.533. The second-order valence-corrected chi connectivity index (χ2v) is 3.57. The lowest BCUT2D eigenvalue weighted by Crippen LogP contribution is -2.40. The first-order valence-corrected chi connectivity index (χ1v) is 4.43. The Morgan fingerprint density at radius 3 is 2.69 bits per heavy atom. The Balaban J connectivity index is 2.63. The average molecular weight is 189 g/mol. The summed E-state index contributed by atoms with van der Waals surface area (Å²) in [5, 5.41) is 0. The number of nitrogens with zero attached hydrogens (tertiary/aromatic N) is 1. The molecule has 1 rings (SSSR count). The summed E-state index contributed by atoms with van der Waals surface area (Å²) in [5.74, 6) is 0.0313. The number of rotatable bonds is 3. The van der Waals surface area contributed by atoms with E-state index in [1.54, 1.807) is 19.1 Å². The molecule has 3 nitrogen and oxygen atoms in total. The van der Waals surface area contributed by atoms with Gasteiger partial charge in [0.15, 0.2) is 0 Å². The molecule has 1 fully saturated rings. The fourth-order valence-electron chi connectivity index (χ4n) is 1.87. The molecule has 0 radical (unpaired) electrons. The van der Waals surface area contributed by atoms with E-state index in [1.807, 2.05) is 0 Å². The smallest absolute Gasteiger partial charge is 0.147 e. The molecular formula is C9H16FNO2. The van der Waals surface area contributed by atoms with Crippen molar-refractivity contribution in [2.75, 3.05) is 20.8 Å². The Labute approximate surface area is 77.9 Å². The zero-order valence-corrected chi connectivity index (χ0v) is 8.29. The summed E-state index contributed by atoms with van der Waals surface area (Å²) < 4.78 is 18.3. The SMILES string of the molecule is COCC1[C@H](F)C[C@@H](C(C)=O)N1C. The Morgan fingerprint density at radius 2 is 2.31 bits per heavy atom. The lowest BCUT2D eigenvalue weighted by molar-refractivity contribution is -0.121. The Morgan fingerprint density at radius 1 is 1.69 bits per heavy atom. The highest BCUT2D eigenvalue weighted by molar-refractivity contribution is 5.81. The number of alkyl halides is 1. The lowest BCUT2D eigenvalue weighted by Gasteiger charge is -2.23. The third-order valence-corrected chi connectivity index (χ3v) is 2.69. The van der Waals surface area contributed by atoms with Crippen LogP contribution in [0.25, 0.3) is 0 Å². The second-order valence-electron chi connectivity index (χ2n) is 3.57. The maximum atomic E-state index is 13.4. The van der Waals surface area contributed by atoms with E-state index in [-0.39, 0.29) is 17.9 Å². The molecule has 0 aromatic rings. The molecule has 1 saturated heterocycles. The maximum Gasteiger partial charge on any atom is 0.147 e. The van der Waals surface area contributed by atoms with Gasteiger partial charge in [-0.25, -0.2) is 4.39 Å². The van der Waals surface area contributed by atoms with Crippen LogP contribution in [0.5, 0.6) is 0 Å². The number of halogens is 1. The van der Waals surface area contributed by atoms with Crippen molar-refractivity contribution in [1.82, 2.24) is 4.90 Å². The molecule has 1 unspecified atom stereocenters. The Bertz CT molecular complexity index is 198. The van der Waals surface area contributed by atoms with Crippen LogP contribution in [0.2, 0.25) is 0 Å². The number of Topliss-reactive ketones (excluding diaryl/α,β-unsaturated/α-hetero) is 1. The monoisotopic (exact) mass is 189 g/mol. The molecule has 0 saturated carbocycles. The van der Waals surface area contributed by atoms with E-state index >= 15 is 0 Å². The van der Waals surface area contributed by atoms with Crippen LogP contribution in [0.1, 0.15) is 13.3 Å². The Kier molecular flexibility index (Phi) is 3.39. The van der Waals surface area contributed by atoms with Gasteiger partial charge in [-0.1, -0.05) is 0 Å². The minimum atomic E-state index is -0.946. The van der Waals surface area contributed by atoms with Gasteiger partial charge in [0.05, 0.1) is 18.7 Å². The minimum Gasteiger partial charge on any atom is -0.383 e. The van der Waals surface area contributed by atoms with Crippen LogP contribution >= 0.6 is 0 Å². The van der Waals surface area contributed by atoms with Gasteiger partial charge >= 0.3 is 0 Å². The van der Waals surface area contributed by atoms with Gasteiger partial charge in [0.2, 0.25) is 0 Å². The fraction of sp³-hybridized carbons (Fsp3) is 0.889. The zero-order chi connectivity index (χ0) is 10.0. The number of ketones is 1. The lowest BCUT2D eigenvalue weighted by atomic mass is 10.1. The topological polar surface area (TPSA) is 29.5 Å². The summed E-state index contributed by atoms with van der Waals surface area (Å²) in [4.78, 5) is 12.9. The maximum absolute atomic E-state index is 13.4. The van der Waals surface area contributed by atoms with Crippen molar-refractivity contribution in [3.63, 3.8) is 0 Å². The van der Waals surface area contributed by atoms with E-state index in [9.17, 15) is 9.18 Å². The van der Waals surface area contributed by atoms with Gasteiger partial charge < -0.3 is 4.74 Å². The van der Waals surface area contributed by atoms with E-state index in [0.717, 1.165) is 0 Å². The van der Waals surface area contributed by atoms with Crippen LogP contribution < -0.4 is 0 Å². The van der Waals surface area contributed by atoms with Crippen LogP contribution in [0.15, 0.2) is 0 Å². The number of likely N-dealkylation sites (N-methyl/N-ethyl adjacent to an activating group) is 1. The van der Waals surface area contributed by atoms with Gasteiger partial charge in [-0.05, 0) is 14.0 Å². The summed E-state index contributed by atoms with van der Waals surface area (Å²) in [6.45, 7) is 1.85. The normalized spacial score (nSPS) is 35.2. The highest BCUT2D eigenvalue weighted by Crippen LogP contribution is 2.26. The molecule has 0 spiro atoms. The highest BCUT2D eigenvalue weighted by atomic mass is 19.1. The molecule has 0 aromatic carbocycles. The number of hydrogen-bond acceptors (Lipinski definition) is 3. The highest BCUT2D eigenvalue weighted by Gasteiger charge is 2.41. The molecule has 3 atom stereocenters. The second kappa shape index (κ2) is 4.15. The molecule has 0 bridgehead atoms.